The number of rotatable bonds is 12. The average Bonchev–Trinajstić information content (AvgIpc) is 2.71. The summed E-state index contributed by atoms with van der Waals surface area (Å²) in [5.74, 6) is -0.598. The van der Waals surface area contributed by atoms with E-state index < -0.39 is 13.0 Å². The van der Waals surface area contributed by atoms with Crippen LogP contribution in [-0.4, -0.2) is 23.3 Å². The summed E-state index contributed by atoms with van der Waals surface area (Å²) in [6, 6.07) is 19.4. The van der Waals surface area contributed by atoms with Gasteiger partial charge in [0.1, 0.15) is 13.0 Å². The topological polar surface area (TPSA) is 37.3 Å². The first-order valence-electron chi connectivity index (χ1n) is 10.5. The molecule has 0 amide bonds. The zero-order valence-corrected chi connectivity index (χ0v) is 17.8. The van der Waals surface area contributed by atoms with Crippen LogP contribution in [0.5, 0.6) is 0 Å². The number of aryl methyl sites for hydroxylation is 1. The highest BCUT2D eigenvalue weighted by Crippen LogP contribution is 2.50. The van der Waals surface area contributed by atoms with Gasteiger partial charge in [-0.25, -0.2) is 0 Å². The zero-order valence-electron chi connectivity index (χ0n) is 16.9. The van der Waals surface area contributed by atoms with Crippen LogP contribution in [0.2, 0.25) is 0 Å². The fourth-order valence-electron chi connectivity index (χ4n) is 3.67. The first-order chi connectivity index (χ1) is 13.1. The van der Waals surface area contributed by atoms with Crippen molar-refractivity contribution < 1.29 is 9.67 Å². The summed E-state index contributed by atoms with van der Waals surface area (Å²) in [7, 11) is -2.36. The van der Waals surface area contributed by atoms with Crippen molar-refractivity contribution >= 4 is 7.14 Å². The standard InChI is InChI=1S/C24H35O2P/c1-3-27(26,4-2)24(25)19-11-6-5-10-16-22-17-12-13-18-23(22)20-21-14-8-7-9-15-21/h7-9,12-15,17-18,24-25H,3-6,10-11,16,19-20H2,1-2H3. The van der Waals surface area contributed by atoms with E-state index in [0.29, 0.717) is 18.7 Å². The molecule has 1 atom stereocenters. The summed E-state index contributed by atoms with van der Waals surface area (Å²) in [4.78, 5) is 0. The molecule has 0 bridgehead atoms. The Morgan fingerprint density at radius 2 is 1.41 bits per heavy atom. The molecule has 1 unspecified atom stereocenters. The fraction of sp³-hybridized carbons (Fsp3) is 0.500. The van der Waals surface area contributed by atoms with Gasteiger partial charge in [0.15, 0.2) is 0 Å². The maximum Gasteiger partial charge on any atom is 0.114 e. The molecule has 2 aromatic carbocycles. The number of hydrogen-bond donors (Lipinski definition) is 1. The minimum atomic E-state index is -2.36. The smallest absolute Gasteiger partial charge is 0.114 e. The highest BCUT2D eigenvalue weighted by molar-refractivity contribution is 7.64. The van der Waals surface area contributed by atoms with Crippen LogP contribution in [0, 0.1) is 0 Å². The van der Waals surface area contributed by atoms with E-state index in [1.54, 1.807) is 0 Å². The van der Waals surface area contributed by atoms with Gasteiger partial charge < -0.3 is 9.67 Å². The summed E-state index contributed by atoms with van der Waals surface area (Å²) in [6.07, 6.45) is 8.41. The van der Waals surface area contributed by atoms with Crippen LogP contribution in [0.15, 0.2) is 54.6 Å². The predicted octanol–water partition coefficient (Wildman–Crippen LogP) is 6.49. The van der Waals surface area contributed by atoms with E-state index in [1.807, 2.05) is 13.8 Å². The van der Waals surface area contributed by atoms with Gasteiger partial charge in [-0.2, -0.15) is 0 Å². The van der Waals surface area contributed by atoms with Gasteiger partial charge in [0.25, 0.3) is 0 Å². The van der Waals surface area contributed by atoms with Crippen molar-refractivity contribution in [2.75, 3.05) is 12.3 Å². The van der Waals surface area contributed by atoms with Gasteiger partial charge >= 0.3 is 0 Å². The van der Waals surface area contributed by atoms with Crippen molar-refractivity contribution in [3.63, 3.8) is 0 Å². The highest BCUT2D eigenvalue weighted by atomic mass is 31.2. The van der Waals surface area contributed by atoms with E-state index in [1.165, 1.54) is 23.1 Å². The van der Waals surface area contributed by atoms with Crippen LogP contribution in [0.25, 0.3) is 0 Å². The lowest BCUT2D eigenvalue weighted by Crippen LogP contribution is -2.11. The molecule has 0 fully saturated rings. The first-order valence-corrected chi connectivity index (χ1v) is 12.6. The first kappa shape index (κ1) is 21.9. The Kier molecular flexibility index (Phi) is 9.31. The second-order valence-corrected chi connectivity index (χ2v) is 11.2. The van der Waals surface area contributed by atoms with Crippen molar-refractivity contribution in [3.05, 3.63) is 71.3 Å². The molecular weight excluding hydrogens is 351 g/mol. The zero-order chi connectivity index (χ0) is 19.5. The Hall–Kier alpha value is -1.37. The molecule has 0 heterocycles. The van der Waals surface area contributed by atoms with Gasteiger partial charge in [0.2, 0.25) is 0 Å². The predicted molar refractivity (Wildman–Crippen MR) is 117 cm³/mol. The normalized spacial score (nSPS) is 12.9. The minimum absolute atomic E-state index is 0.598. The third kappa shape index (κ3) is 6.94. The molecule has 0 spiro atoms. The summed E-state index contributed by atoms with van der Waals surface area (Å²) in [5, 5.41) is 10.2. The summed E-state index contributed by atoms with van der Waals surface area (Å²) in [5.41, 5.74) is 4.23. The van der Waals surface area contributed by atoms with E-state index in [0.717, 1.165) is 32.1 Å². The SMILES string of the molecule is CCP(=O)(CC)C(O)CCCCCCc1ccccc1Cc1ccccc1. The highest BCUT2D eigenvalue weighted by Gasteiger charge is 2.26. The molecule has 148 valence electrons. The second-order valence-electron chi connectivity index (χ2n) is 7.45. The van der Waals surface area contributed by atoms with E-state index >= 15 is 0 Å². The Bertz CT molecular complexity index is 703. The molecule has 0 aliphatic carbocycles. The maximum atomic E-state index is 12.5. The largest absolute Gasteiger partial charge is 0.385 e. The second kappa shape index (κ2) is 11.5. The summed E-state index contributed by atoms with van der Waals surface area (Å²) >= 11 is 0. The molecule has 2 aromatic rings. The maximum absolute atomic E-state index is 12.5. The lowest BCUT2D eigenvalue weighted by molar-refractivity contribution is 0.232. The Morgan fingerprint density at radius 3 is 2.07 bits per heavy atom. The van der Waals surface area contributed by atoms with Gasteiger partial charge in [-0.3, -0.25) is 0 Å². The van der Waals surface area contributed by atoms with Crippen LogP contribution in [0.1, 0.15) is 62.6 Å². The third-order valence-electron chi connectivity index (χ3n) is 5.63. The molecular formula is C24H35O2P. The van der Waals surface area contributed by atoms with Gasteiger partial charge in [0, 0.05) is 12.3 Å². The molecule has 0 saturated heterocycles. The van der Waals surface area contributed by atoms with Crippen molar-refractivity contribution in [2.45, 2.75) is 64.6 Å². The Balaban J connectivity index is 1.74. The van der Waals surface area contributed by atoms with Crippen molar-refractivity contribution in [1.29, 1.82) is 0 Å². The molecule has 0 aliphatic heterocycles. The van der Waals surface area contributed by atoms with Gasteiger partial charge in [-0.15, -0.1) is 0 Å². The lowest BCUT2D eigenvalue weighted by atomic mass is 9.96. The minimum Gasteiger partial charge on any atom is -0.385 e. The van der Waals surface area contributed by atoms with Crippen molar-refractivity contribution in [2.24, 2.45) is 0 Å². The quantitative estimate of drug-likeness (QED) is 0.334. The number of aliphatic hydroxyl groups excluding tert-OH is 1. The van der Waals surface area contributed by atoms with E-state index in [4.69, 9.17) is 0 Å². The molecule has 1 N–H and O–H groups in total. The van der Waals surface area contributed by atoms with Crippen LogP contribution in [0.3, 0.4) is 0 Å². The number of benzene rings is 2. The molecule has 0 aliphatic rings. The number of aliphatic hydroxyl groups is 1. The molecule has 3 heteroatoms. The molecule has 2 rings (SSSR count). The van der Waals surface area contributed by atoms with Gasteiger partial charge in [0.05, 0.1) is 0 Å². The average molecular weight is 387 g/mol. The van der Waals surface area contributed by atoms with Crippen LogP contribution < -0.4 is 0 Å². The van der Waals surface area contributed by atoms with Crippen LogP contribution >= 0.6 is 7.14 Å². The Morgan fingerprint density at radius 1 is 0.815 bits per heavy atom. The van der Waals surface area contributed by atoms with Crippen molar-refractivity contribution in [1.82, 2.24) is 0 Å². The molecule has 27 heavy (non-hydrogen) atoms. The van der Waals surface area contributed by atoms with Gasteiger partial charge in [-0.05, 0) is 42.4 Å². The van der Waals surface area contributed by atoms with E-state index in [2.05, 4.69) is 54.6 Å². The lowest BCUT2D eigenvalue weighted by Gasteiger charge is -2.21. The summed E-state index contributed by atoms with van der Waals surface area (Å²) < 4.78 is 12.5. The fourth-order valence-corrected chi connectivity index (χ4v) is 5.61. The van der Waals surface area contributed by atoms with Crippen LogP contribution in [0.4, 0.5) is 0 Å². The molecule has 0 aromatic heterocycles. The van der Waals surface area contributed by atoms with Crippen molar-refractivity contribution in [3.8, 4) is 0 Å². The number of unbranched alkanes of at least 4 members (excludes halogenated alkanes) is 3. The van der Waals surface area contributed by atoms with Crippen LogP contribution in [-0.2, 0) is 17.4 Å². The Labute approximate surface area is 165 Å². The third-order valence-corrected chi connectivity index (χ3v) is 9.11. The molecule has 0 saturated carbocycles. The summed E-state index contributed by atoms with van der Waals surface area (Å²) in [6.45, 7) is 3.86. The molecule has 0 radical (unpaired) electrons. The van der Waals surface area contributed by atoms with Gasteiger partial charge in [-0.1, -0.05) is 87.7 Å². The van der Waals surface area contributed by atoms with E-state index in [-0.39, 0.29) is 0 Å². The monoisotopic (exact) mass is 386 g/mol. The number of hydrogen-bond acceptors (Lipinski definition) is 2. The van der Waals surface area contributed by atoms with E-state index in [9.17, 15) is 9.67 Å². The molecule has 2 nitrogen and oxygen atoms in total.